The number of esters is 2. The SMILES string of the molecule is C=C(C)C(=O)OC1C2OC(=O)C3CC1(C#N)CC32. The van der Waals surface area contributed by atoms with Crippen LogP contribution in [0.3, 0.4) is 0 Å². The summed E-state index contributed by atoms with van der Waals surface area (Å²) in [6.07, 6.45) is -0.0605. The van der Waals surface area contributed by atoms with Crippen molar-refractivity contribution < 1.29 is 19.1 Å². The first-order valence-electron chi connectivity index (χ1n) is 5.97. The average molecular weight is 247 g/mol. The summed E-state index contributed by atoms with van der Waals surface area (Å²) in [5.74, 6) is -0.938. The summed E-state index contributed by atoms with van der Waals surface area (Å²) in [7, 11) is 0. The van der Waals surface area contributed by atoms with E-state index in [0.717, 1.165) is 0 Å². The third kappa shape index (κ3) is 1.20. The summed E-state index contributed by atoms with van der Waals surface area (Å²) in [5, 5.41) is 9.38. The molecular formula is C13H13NO4. The second-order valence-electron chi connectivity index (χ2n) is 5.45. The lowest BCUT2D eigenvalue weighted by Crippen LogP contribution is -2.42. The van der Waals surface area contributed by atoms with Gasteiger partial charge in [-0.15, -0.1) is 0 Å². The molecule has 5 heteroatoms. The van der Waals surface area contributed by atoms with E-state index in [0.29, 0.717) is 12.8 Å². The Kier molecular flexibility index (Phi) is 2.10. The normalized spacial score (nSPS) is 43.4. The number of fused-ring (bicyclic) bond motifs is 1. The maximum atomic E-state index is 11.6. The van der Waals surface area contributed by atoms with Crippen LogP contribution in [0.1, 0.15) is 19.8 Å². The van der Waals surface area contributed by atoms with Crippen LogP contribution < -0.4 is 0 Å². The fourth-order valence-electron chi connectivity index (χ4n) is 3.49. The van der Waals surface area contributed by atoms with Crippen molar-refractivity contribution in [2.75, 3.05) is 0 Å². The van der Waals surface area contributed by atoms with Gasteiger partial charge in [-0.1, -0.05) is 6.58 Å². The lowest BCUT2D eigenvalue weighted by Gasteiger charge is -2.30. The van der Waals surface area contributed by atoms with Crippen LogP contribution in [0.25, 0.3) is 0 Å². The van der Waals surface area contributed by atoms with Crippen molar-refractivity contribution >= 4 is 11.9 Å². The van der Waals surface area contributed by atoms with E-state index in [2.05, 4.69) is 12.6 Å². The van der Waals surface area contributed by atoms with Gasteiger partial charge in [-0.3, -0.25) is 4.79 Å². The summed E-state index contributed by atoms with van der Waals surface area (Å²) in [5.41, 5.74) is -0.469. The van der Waals surface area contributed by atoms with Crippen LogP contribution in [0, 0.1) is 28.6 Å². The second-order valence-corrected chi connectivity index (χ2v) is 5.45. The Hall–Kier alpha value is -1.83. The molecule has 0 radical (unpaired) electrons. The molecule has 1 saturated heterocycles. The highest BCUT2D eigenvalue weighted by molar-refractivity contribution is 5.87. The van der Waals surface area contributed by atoms with E-state index in [1.807, 2.05) is 0 Å². The lowest BCUT2D eigenvalue weighted by molar-refractivity contribution is -0.160. The number of carbonyl (C=O) groups excluding carboxylic acids is 2. The molecule has 0 amide bonds. The molecule has 2 aliphatic carbocycles. The molecule has 18 heavy (non-hydrogen) atoms. The maximum Gasteiger partial charge on any atom is 0.333 e. The largest absolute Gasteiger partial charge is 0.458 e. The highest BCUT2D eigenvalue weighted by atomic mass is 16.6. The minimum Gasteiger partial charge on any atom is -0.458 e. The van der Waals surface area contributed by atoms with Crippen LogP contribution in [0.4, 0.5) is 0 Å². The Balaban J connectivity index is 1.91. The fraction of sp³-hybridized carbons (Fsp3) is 0.615. The minimum atomic E-state index is -0.753. The Morgan fingerprint density at radius 2 is 2.33 bits per heavy atom. The lowest BCUT2D eigenvalue weighted by atomic mass is 9.79. The van der Waals surface area contributed by atoms with E-state index in [-0.39, 0.29) is 23.4 Å². The standard InChI is InChI=1S/C13H13NO4/c1-6(2)11(15)18-10-9-7-3-13(10,5-14)4-8(7)12(16)17-9/h7-10H,1,3-4H2,2H3. The third-order valence-electron chi connectivity index (χ3n) is 4.33. The zero-order valence-electron chi connectivity index (χ0n) is 10.0. The van der Waals surface area contributed by atoms with E-state index in [1.165, 1.54) is 0 Å². The van der Waals surface area contributed by atoms with Crippen molar-refractivity contribution in [3.8, 4) is 6.07 Å². The zero-order chi connectivity index (χ0) is 13.1. The quantitative estimate of drug-likeness (QED) is 0.536. The van der Waals surface area contributed by atoms with Gasteiger partial charge >= 0.3 is 11.9 Å². The van der Waals surface area contributed by atoms with Crippen molar-refractivity contribution in [1.29, 1.82) is 5.26 Å². The molecule has 0 spiro atoms. The number of hydrogen-bond donors (Lipinski definition) is 0. The number of nitrogens with zero attached hydrogens (tertiary/aromatic N) is 1. The van der Waals surface area contributed by atoms with E-state index in [1.54, 1.807) is 6.92 Å². The summed E-state index contributed by atoms with van der Waals surface area (Å²) in [4.78, 5) is 23.2. The van der Waals surface area contributed by atoms with Crippen molar-refractivity contribution in [2.24, 2.45) is 17.3 Å². The first kappa shape index (κ1) is 11.3. The van der Waals surface area contributed by atoms with Gasteiger partial charge in [-0.25, -0.2) is 4.79 Å². The topological polar surface area (TPSA) is 76.4 Å². The molecule has 94 valence electrons. The van der Waals surface area contributed by atoms with Gasteiger partial charge < -0.3 is 9.47 Å². The molecule has 0 aromatic heterocycles. The van der Waals surface area contributed by atoms with E-state index in [4.69, 9.17) is 9.47 Å². The molecule has 3 rings (SSSR count). The van der Waals surface area contributed by atoms with E-state index < -0.39 is 23.6 Å². The Morgan fingerprint density at radius 3 is 2.94 bits per heavy atom. The fourth-order valence-corrected chi connectivity index (χ4v) is 3.49. The highest BCUT2D eigenvalue weighted by Crippen LogP contribution is 2.62. The second kappa shape index (κ2) is 3.35. The Bertz CT molecular complexity index is 506. The molecule has 5 nitrogen and oxygen atoms in total. The zero-order valence-corrected chi connectivity index (χ0v) is 10.0. The van der Waals surface area contributed by atoms with Gasteiger partial charge in [-0.05, 0) is 19.8 Å². The van der Waals surface area contributed by atoms with Gasteiger partial charge in [0.15, 0.2) is 6.10 Å². The van der Waals surface area contributed by atoms with Crippen LogP contribution >= 0.6 is 0 Å². The maximum absolute atomic E-state index is 11.6. The molecule has 0 aromatic carbocycles. The summed E-state index contributed by atoms with van der Waals surface area (Å²) >= 11 is 0. The van der Waals surface area contributed by atoms with E-state index in [9.17, 15) is 14.9 Å². The van der Waals surface area contributed by atoms with Gasteiger partial charge in [0.05, 0.1) is 17.4 Å². The molecule has 1 heterocycles. The van der Waals surface area contributed by atoms with Crippen LogP contribution in [0.15, 0.2) is 12.2 Å². The Morgan fingerprint density at radius 1 is 1.61 bits per heavy atom. The molecular weight excluding hydrogens is 234 g/mol. The molecule has 2 bridgehead atoms. The molecule has 0 aromatic rings. The van der Waals surface area contributed by atoms with Gasteiger partial charge in [-0.2, -0.15) is 5.26 Å². The predicted octanol–water partition coefficient (Wildman–Crippen LogP) is 0.949. The van der Waals surface area contributed by atoms with Crippen LogP contribution in [0.5, 0.6) is 0 Å². The van der Waals surface area contributed by atoms with Gasteiger partial charge in [0, 0.05) is 11.5 Å². The van der Waals surface area contributed by atoms with Crippen LogP contribution in [0.2, 0.25) is 0 Å². The van der Waals surface area contributed by atoms with E-state index >= 15 is 0 Å². The van der Waals surface area contributed by atoms with Gasteiger partial charge in [0.25, 0.3) is 0 Å². The molecule has 0 N–H and O–H groups in total. The van der Waals surface area contributed by atoms with Gasteiger partial charge in [0.2, 0.25) is 0 Å². The number of hydrogen-bond acceptors (Lipinski definition) is 5. The van der Waals surface area contributed by atoms with Crippen LogP contribution in [-0.4, -0.2) is 24.1 Å². The van der Waals surface area contributed by atoms with Crippen molar-refractivity contribution in [2.45, 2.75) is 32.0 Å². The van der Waals surface area contributed by atoms with Gasteiger partial charge in [0.1, 0.15) is 6.10 Å². The predicted molar refractivity (Wildman–Crippen MR) is 58.8 cm³/mol. The molecule has 5 unspecified atom stereocenters. The van der Waals surface area contributed by atoms with Crippen molar-refractivity contribution in [1.82, 2.24) is 0 Å². The number of carbonyl (C=O) groups is 2. The van der Waals surface area contributed by atoms with Crippen molar-refractivity contribution in [3.05, 3.63) is 12.2 Å². The number of nitriles is 1. The number of rotatable bonds is 2. The third-order valence-corrected chi connectivity index (χ3v) is 4.33. The summed E-state index contributed by atoms with van der Waals surface area (Å²) in [6.45, 7) is 5.07. The summed E-state index contributed by atoms with van der Waals surface area (Å²) < 4.78 is 10.6. The molecule has 1 aliphatic heterocycles. The first-order valence-corrected chi connectivity index (χ1v) is 5.97. The molecule has 3 fully saturated rings. The molecule has 5 atom stereocenters. The molecule has 2 saturated carbocycles. The smallest absolute Gasteiger partial charge is 0.333 e. The average Bonchev–Trinajstić information content (AvgIpc) is 2.90. The highest BCUT2D eigenvalue weighted by Gasteiger charge is 2.71. The summed E-state index contributed by atoms with van der Waals surface area (Å²) in [6, 6.07) is 2.25. The minimum absolute atomic E-state index is 0.0278. The monoisotopic (exact) mass is 247 g/mol. The Labute approximate surface area is 104 Å². The van der Waals surface area contributed by atoms with Crippen molar-refractivity contribution in [3.63, 3.8) is 0 Å². The molecule has 3 aliphatic rings. The van der Waals surface area contributed by atoms with Crippen LogP contribution in [-0.2, 0) is 19.1 Å². The number of ether oxygens (including phenoxy) is 2. The first-order chi connectivity index (χ1) is 8.48.